The van der Waals surface area contributed by atoms with E-state index in [1.54, 1.807) is 4.90 Å². The Kier molecular flexibility index (Phi) is 5.91. The van der Waals surface area contributed by atoms with Crippen LogP contribution in [0.2, 0.25) is 5.02 Å². The van der Waals surface area contributed by atoms with Gasteiger partial charge in [0.15, 0.2) is 0 Å². The molecule has 1 amide bonds. The predicted molar refractivity (Wildman–Crippen MR) is 76.0 cm³/mol. The smallest absolute Gasteiger partial charge is 0.270 e. The molecule has 110 valence electrons. The lowest BCUT2D eigenvalue weighted by Crippen LogP contribution is -2.38. The average Bonchev–Trinajstić information content (AvgIpc) is 2.38. The van der Waals surface area contributed by atoms with Crippen LogP contribution < -0.4 is 0 Å². The maximum Gasteiger partial charge on any atom is 0.270 e. The third-order valence-corrected chi connectivity index (χ3v) is 3.15. The SMILES string of the molecule is CC(C)N(CCCO)C(=O)c1ccc([N+](=O)[O-])cc1Cl. The van der Waals surface area contributed by atoms with Gasteiger partial charge in [0, 0.05) is 31.3 Å². The number of rotatable bonds is 6. The molecular formula is C13H17ClN2O4. The second-order valence-electron chi connectivity index (χ2n) is 4.59. The van der Waals surface area contributed by atoms with Gasteiger partial charge in [-0.15, -0.1) is 0 Å². The molecule has 0 saturated carbocycles. The number of nitrogens with zero attached hydrogens (tertiary/aromatic N) is 2. The molecule has 6 nitrogen and oxygen atoms in total. The summed E-state index contributed by atoms with van der Waals surface area (Å²) in [6.07, 6.45) is 0.467. The molecular weight excluding hydrogens is 284 g/mol. The lowest BCUT2D eigenvalue weighted by atomic mass is 10.1. The van der Waals surface area contributed by atoms with Crippen molar-refractivity contribution in [1.29, 1.82) is 0 Å². The monoisotopic (exact) mass is 300 g/mol. The highest BCUT2D eigenvalue weighted by Gasteiger charge is 2.22. The molecule has 0 bridgehead atoms. The number of hydrogen-bond acceptors (Lipinski definition) is 4. The minimum atomic E-state index is -0.563. The molecule has 1 N–H and O–H groups in total. The molecule has 0 atom stereocenters. The zero-order valence-electron chi connectivity index (χ0n) is 11.4. The van der Waals surface area contributed by atoms with E-state index in [0.29, 0.717) is 13.0 Å². The van der Waals surface area contributed by atoms with Crippen LogP contribution in [0.5, 0.6) is 0 Å². The van der Waals surface area contributed by atoms with Gasteiger partial charge in [0.1, 0.15) is 0 Å². The van der Waals surface area contributed by atoms with E-state index in [9.17, 15) is 14.9 Å². The van der Waals surface area contributed by atoms with Crippen molar-refractivity contribution in [3.63, 3.8) is 0 Å². The number of benzene rings is 1. The zero-order valence-corrected chi connectivity index (χ0v) is 12.1. The first-order valence-corrected chi connectivity index (χ1v) is 6.62. The summed E-state index contributed by atoms with van der Waals surface area (Å²) < 4.78 is 0. The molecule has 0 fully saturated rings. The van der Waals surface area contributed by atoms with Gasteiger partial charge in [0.05, 0.1) is 15.5 Å². The molecule has 0 aliphatic carbocycles. The van der Waals surface area contributed by atoms with Crippen LogP contribution in [0.15, 0.2) is 18.2 Å². The second-order valence-corrected chi connectivity index (χ2v) is 5.00. The van der Waals surface area contributed by atoms with E-state index in [0.717, 1.165) is 0 Å². The van der Waals surface area contributed by atoms with Gasteiger partial charge in [0.2, 0.25) is 0 Å². The highest BCUT2D eigenvalue weighted by atomic mass is 35.5. The van der Waals surface area contributed by atoms with E-state index in [1.165, 1.54) is 18.2 Å². The predicted octanol–water partition coefficient (Wildman–Crippen LogP) is 2.48. The molecule has 1 aromatic carbocycles. The van der Waals surface area contributed by atoms with Crippen LogP contribution in [0.3, 0.4) is 0 Å². The molecule has 7 heteroatoms. The first kappa shape index (κ1) is 16.4. The van der Waals surface area contributed by atoms with Crippen LogP contribution in [0, 0.1) is 10.1 Å². The quantitative estimate of drug-likeness (QED) is 0.646. The fourth-order valence-corrected chi connectivity index (χ4v) is 2.04. The molecule has 0 unspecified atom stereocenters. The highest BCUT2D eigenvalue weighted by molar-refractivity contribution is 6.34. The van der Waals surface area contributed by atoms with Crippen molar-refractivity contribution in [2.24, 2.45) is 0 Å². The van der Waals surface area contributed by atoms with E-state index in [2.05, 4.69) is 0 Å². The maximum absolute atomic E-state index is 12.4. The highest BCUT2D eigenvalue weighted by Crippen LogP contribution is 2.24. The minimum absolute atomic E-state index is 0.00943. The van der Waals surface area contributed by atoms with Crippen LogP contribution in [0.1, 0.15) is 30.6 Å². The minimum Gasteiger partial charge on any atom is -0.396 e. The van der Waals surface area contributed by atoms with Crippen molar-refractivity contribution in [3.8, 4) is 0 Å². The summed E-state index contributed by atoms with van der Waals surface area (Å²) in [4.78, 5) is 24.0. The van der Waals surface area contributed by atoms with Crippen molar-refractivity contribution in [2.45, 2.75) is 26.3 Å². The Morgan fingerprint density at radius 3 is 2.60 bits per heavy atom. The number of aliphatic hydroxyl groups is 1. The van der Waals surface area contributed by atoms with Gasteiger partial charge in [-0.05, 0) is 26.3 Å². The molecule has 0 radical (unpaired) electrons. The largest absolute Gasteiger partial charge is 0.396 e. The summed E-state index contributed by atoms with van der Waals surface area (Å²) in [5.74, 6) is -0.298. The van der Waals surface area contributed by atoms with E-state index in [-0.39, 0.29) is 34.8 Å². The summed E-state index contributed by atoms with van der Waals surface area (Å²) >= 11 is 5.95. The molecule has 1 aromatic rings. The summed E-state index contributed by atoms with van der Waals surface area (Å²) in [6, 6.07) is 3.72. The van der Waals surface area contributed by atoms with Crippen LogP contribution in [-0.4, -0.2) is 40.0 Å². The van der Waals surface area contributed by atoms with E-state index < -0.39 is 4.92 Å². The Labute approximate surface area is 122 Å². The van der Waals surface area contributed by atoms with Crippen LogP contribution in [0.4, 0.5) is 5.69 Å². The first-order chi connectivity index (χ1) is 9.38. The van der Waals surface area contributed by atoms with Crippen molar-refractivity contribution in [2.75, 3.05) is 13.2 Å². The van der Waals surface area contributed by atoms with Crippen LogP contribution >= 0.6 is 11.6 Å². The Morgan fingerprint density at radius 1 is 1.50 bits per heavy atom. The van der Waals surface area contributed by atoms with Gasteiger partial charge < -0.3 is 10.0 Å². The summed E-state index contributed by atoms with van der Waals surface area (Å²) in [6.45, 7) is 4.11. The number of carbonyl (C=O) groups excluding carboxylic acids is 1. The second kappa shape index (κ2) is 7.21. The van der Waals surface area contributed by atoms with Crippen molar-refractivity contribution in [1.82, 2.24) is 4.90 Å². The van der Waals surface area contributed by atoms with Crippen LogP contribution in [0.25, 0.3) is 0 Å². The van der Waals surface area contributed by atoms with Crippen molar-refractivity contribution >= 4 is 23.2 Å². The molecule has 0 heterocycles. The Morgan fingerprint density at radius 2 is 2.15 bits per heavy atom. The number of non-ortho nitro benzene ring substituents is 1. The molecule has 0 aliphatic rings. The Bertz CT molecular complexity index is 505. The number of hydrogen-bond donors (Lipinski definition) is 1. The topological polar surface area (TPSA) is 83.7 Å². The summed E-state index contributed by atoms with van der Waals surface area (Å²) in [5.41, 5.74) is 0.0712. The third kappa shape index (κ3) is 3.91. The number of halogens is 1. The third-order valence-electron chi connectivity index (χ3n) is 2.84. The van der Waals surface area contributed by atoms with Gasteiger partial charge in [-0.1, -0.05) is 11.6 Å². The summed E-state index contributed by atoms with van der Waals surface area (Å²) in [7, 11) is 0. The number of nitro groups is 1. The van der Waals surface area contributed by atoms with Gasteiger partial charge in [0.25, 0.3) is 11.6 Å². The van der Waals surface area contributed by atoms with Gasteiger partial charge in [-0.2, -0.15) is 0 Å². The Hall–Kier alpha value is -1.66. The van der Waals surface area contributed by atoms with E-state index in [4.69, 9.17) is 16.7 Å². The average molecular weight is 301 g/mol. The van der Waals surface area contributed by atoms with E-state index in [1.807, 2.05) is 13.8 Å². The lowest BCUT2D eigenvalue weighted by molar-refractivity contribution is -0.384. The molecule has 0 spiro atoms. The van der Waals surface area contributed by atoms with Gasteiger partial charge in [-0.3, -0.25) is 14.9 Å². The maximum atomic E-state index is 12.4. The normalized spacial score (nSPS) is 10.7. The fraction of sp³-hybridized carbons (Fsp3) is 0.462. The van der Waals surface area contributed by atoms with Gasteiger partial charge in [-0.25, -0.2) is 0 Å². The van der Waals surface area contributed by atoms with Crippen LogP contribution in [-0.2, 0) is 0 Å². The molecule has 0 aromatic heterocycles. The lowest BCUT2D eigenvalue weighted by Gasteiger charge is -2.27. The Balaban J connectivity index is 3.03. The molecule has 1 rings (SSSR count). The summed E-state index contributed by atoms with van der Waals surface area (Å²) in [5, 5.41) is 19.6. The number of amides is 1. The fourth-order valence-electron chi connectivity index (χ4n) is 1.78. The number of carbonyl (C=O) groups is 1. The van der Waals surface area contributed by atoms with E-state index >= 15 is 0 Å². The van der Waals surface area contributed by atoms with Crippen molar-refractivity contribution < 1.29 is 14.8 Å². The first-order valence-electron chi connectivity index (χ1n) is 6.24. The molecule has 0 aliphatic heterocycles. The number of nitro benzene ring substituents is 1. The van der Waals surface area contributed by atoms with Gasteiger partial charge >= 0.3 is 0 Å². The number of aliphatic hydroxyl groups excluding tert-OH is 1. The van der Waals surface area contributed by atoms with Crippen molar-refractivity contribution in [3.05, 3.63) is 38.9 Å². The standard InChI is InChI=1S/C13H17ClN2O4/c1-9(2)15(6-3-7-17)13(18)11-5-4-10(16(19)20)8-12(11)14/h4-5,8-9,17H,3,6-7H2,1-2H3. The molecule has 0 saturated heterocycles. The zero-order chi connectivity index (χ0) is 15.3. The molecule has 20 heavy (non-hydrogen) atoms.